The summed E-state index contributed by atoms with van der Waals surface area (Å²) in [6, 6.07) is 2.67. The quantitative estimate of drug-likeness (QED) is 0.642. The number of nitro benzene ring substituents is 1. The number of likely N-dealkylation sites (N-methyl/N-ethyl adjacent to an activating group) is 1. The van der Waals surface area contributed by atoms with E-state index in [0.717, 1.165) is 12.1 Å². The lowest BCUT2D eigenvalue weighted by molar-refractivity contribution is -0.385. The highest BCUT2D eigenvalue weighted by atomic mass is 19.1. The normalized spacial score (nSPS) is 14.3. The minimum Gasteiger partial charge on any atom is -0.351 e. The number of amides is 1. The summed E-state index contributed by atoms with van der Waals surface area (Å²) in [5.41, 5.74) is -0.477. The van der Waals surface area contributed by atoms with Crippen molar-refractivity contribution in [2.24, 2.45) is 0 Å². The van der Waals surface area contributed by atoms with Crippen molar-refractivity contribution >= 4 is 11.6 Å². The van der Waals surface area contributed by atoms with E-state index < -0.39 is 16.6 Å². The van der Waals surface area contributed by atoms with Crippen LogP contribution in [-0.4, -0.2) is 41.9 Å². The second-order valence-electron chi connectivity index (χ2n) is 5.35. The van der Waals surface area contributed by atoms with Crippen LogP contribution in [0, 0.1) is 22.9 Å². The minimum absolute atomic E-state index is 0.0875. The van der Waals surface area contributed by atoms with Crippen molar-refractivity contribution in [3.63, 3.8) is 0 Å². The smallest absolute Gasteiger partial charge is 0.270 e. The Morgan fingerprint density at radius 1 is 1.52 bits per heavy atom. The van der Waals surface area contributed by atoms with Gasteiger partial charge in [0.2, 0.25) is 0 Å². The average Bonchev–Trinajstić information content (AvgIpc) is 3.25. The molecule has 1 aromatic rings. The first-order valence-corrected chi connectivity index (χ1v) is 6.83. The molecule has 0 aliphatic heterocycles. The van der Waals surface area contributed by atoms with Gasteiger partial charge in [0.15, 0.2) is 0 Å². The van der Waals surface area contributed by atoms with Crippen LogP contribution in [0.3, 0.4) is 0 Å². The highest BCUT2D eigenvalue weighted by Gasteiger charge is 2.25. The molecule has 0 radical (unpaired) electrons. The summed E-state index contributed by atoms with van der Waals surface area (Å²) in [5.74, 6) is -1.34. The molecule has 1 amide bonds. The van der Waals surface area contributed by atoms with Gasteiger partial charge >= 0.3 is 0 Å². The van der Waals surface area contributed by atoms with Crippen molar-refractivity contribution in [3.05, 3.63) is 39.2 Å². The Bertz CT molecular complexity index is 573. The van der Waals surface area contributed by atoms with Crippen LogP contribution in [0.2, 0.25) is 0 Å². The van der Waals surface area contributed by atoms with E-state index in [1.807, 2.05) is 7.05 Å². The van der Waals surface area contributed by atoms with E-state index >= 15 is 0 Å². The Balaban J connectivity index is 2.02. The van der Waals surface area contributed by atoms with Crippen molar-refractivity contribution in [1.29, 1.82) is 0 Å². The maximum Gasteiger partial charge on any atom is 0.270 e. The number of rotatable bonds is 6. The van der Waals surface area contributed by atoms with E-state index in [0.29, 0.717) is 19.1 Å². The van der Waals surface area contributed by atoms with Crippen LogP contribution >= 0.6 is 0 Å². The molecule has 0 saturated heterocycles. The fraction of sp³-hybridized carbons (Fsp3) is 0.500. The van der Waals surface area contributed by atoms with Gasteiger partial charge in [-0.2, -0.15) is 0 Å². The summed E-state index contributed by atoms with van der Waals surface area (Å²) < 4.78 is 13.9. The average molecular weight is 295 g/mol. The number of hydrogen-bond acceptors (Lipinski definition) is 4. The first-order valence-electron chi connectivity index (χ1n) is 6.83. The lowest BCUT2D eigenvalue weighted by Crippen LogP contribution is -2.34. The molecule has 0 unspecified atom stereocenters. The zero-order chi connectivity index (χ0) is 15.6. The molecule has 1 aliphatic carbocycles. The molecule has 0 bridgehead atoms. The topological polar surface area (TPSA) is 75.5 Å². The van der Waals surface area contributed by atoms with Crippen molar-refractivity contribution < 1.29 is 14.1 Å². The highest BCUT2D eigenvalue weighted by Crippen LogP contribution is 2.24. The van der Waals surface area contributed by atoms with Crippen LogP contribution in [-0.2, 0) is 0 Å². The molecular weight excluding hydrogens is 277 g/mol. The summed E-state index contributed by atoms with van der Waals surface area (Å²) in [7, 11) is 1.97. The lowest BCUT2D eigenvalue weighted by Gasteiger charge is -2.15. The summed E-state index contributed by atoms with van der Waals surface area (Å²) >= 11 is 0. The fourth-order valence-electron chi connectivity index (χ4n) is 2.16. The van der Waals surface area contributed by atoms with E-state index in [-0.39, 0.29) is 16.8 Å². The van der Waals surface area contributed by atoms with Gasteiger partial charge in [-0.3, -0.25) is 14.9 Å². The van der Waals surface area contributed by atoms with E-state index in [2.05, 4.69) is 10.2 Å². The fourth-order valence-corrected chi connectivity index (χ4v) is 2.16. The van der Waals surface area contributed by atoms with E-state index in [1.54, 1.807) is 0 Å². The lowest BCUT2D eigenvalue weighted by atomic mass is 10.1. The summed E-state index contributed by atoms with van der Waals surface area (Å²) in [6.07, 6.45) is 2.34. The van der Waals surface area contributed by atoms with E-state index in [4.69, 9.17) is 0 Å². The number of non-ortho nitro benzene ring substituents is 1. The van der Waals surface area contributed by atoms with Crippen LogP contribution in [0.4, 0.5) is 10.1 Å². The first-order chi connectivity index (χ1) is 9.90. The van der Waals surface area contributed by atoms with E-state index in [9.17, 15) is 19.3 Å². The molecular formula is C14H18FN3O3. The molecule has 1 N–H and O–H groups in total. The number of nitrogens with zero attached hydrogens (tertiary/aromatic N) is 2. The van der Waals surface area contributed by atoms with Crippen LogP contribution in [0.25, 0.3) is 0 Å². The van der Waals surface area contributed by atoms with Gasteiger partial charge < -0.3 is 10.2 Å². The Kier molecular flexibility index (Phi) is 4.52. The van der Waals surface area contributed by atoms with Crippen LogP contribution < -0.4 is 5.32 Å². The highest BCUT2D eigenvalue weighted by molar-refractivity contribution is 5.95. The van der Waals surface area contributed by atoms with E-state index in [1.165, 1.54) is 19.8 Å². The largest absolute Gasteiger partial charge is 0.351 e. The number of nitrogens with one attached hydrogen (secondary N) is 1. The zero-order valence-corrected chi connectivity index (χ0v) is 12.1. The zero-order valence-electron chi connectivity index (χ0n) is 12.1. The van der Waals surface area contributed by atoms with Crippen LogP contribution in [0.1, 0.15) is 28.8 Å². The molecule has 114 valence electrons. The molecule has 7 heteroatoms. The molecule has 2 rings (SSSR count). The molecule has 1 aromatic carbocycles. The maximum atomic E-state index is 13.9. The number of benzene rings is 1. The Labute approximate surface area is 122 Å². The number of nitro groups is 1. The van der Waals surface area contributed by atoms with Gasteiger partial charge in [-0.25, -0.2) is 4.39 Å². The van der Waals surface area contributed by atoms with Crippen molar-refractivity contribution in [2.75, 3.05) is 20.1 Å². The van der Waals surface area contributed by atoms with Crippen molar-refractivity contribution in [2.45, 2.75) is 25.8 Å². The third-order valence-electron chi connectivity index (χ3n) is 3.62. The maximum absolute atomic E-state index is 13.9. The number of aryl methyl sites for hydroxylation is 1. The van der Waals surface area contributed by atoms with Gasteiger partial charge in [0, 0.05) is 31.3 Å². The molecule has 6 nitrogen and oxygen atoms in total. The van der Waals surface area contributed by atoms with Crippen molar-refractivity contribution in [3.8, 4) is 0 Å². The monoisotopic (exact) mass is 295 g/mol. The van der Waals surface area contributed by atoms with Gasteiger partial charge in [0.05, 0.1) is 10.5 Å². The van der Waals surface area contributed by atoms with Gasteiger partial charge in [-0.05, 0) is 32.4 Å². The Morgan fingerprint density at radius 2 is 2.19 bits per heavy atom. The number of halogens is 1. The SMILES string of the molecule is Cc1cc([N+](=O)[O-])cc(C(=O)NCCN(C)C2CC2)c1F. The van der Waals surface area contributed by atoms with Crippen LogP contribution in [0.5, 0.6) is 0 Å². The summed E-state index contributed by atoms with van der Waals surface area (Å²) in [5, 5.41) is 13.4. The predicted molar refractivity (Wildman–Crippen MR) is 75.8 cm³/mol. The third kappa shape index (κ3) is 3.75. The molecule has 1 fully saturated rings. The molecule has 21 heavy (non-hydrogen) atoms. The predicted octanol–water partition coefficient (Wildman–Crippen LogP) is 1.87. The second-order valence-corrected chi connectivity index (χ2v) is 5.35. The van der Waals surface area contributed by atoms with Gasteiger partial charge in [-0.1, -0.05) is 0 Å². The van der Waals surface area contributed by atoms with Crippen LogP contribution in [0.15, 0.2) is 12.1 Å². The minimum atomic E-state index is -0.714. The summed E-state index contributed by atoms with van der Waals surface area (Å²) in [6.45, 7) is 2.46. The standard InChI is InChI=1S/C14H18FN3O3/c1-9-7-11(18(20)21)8-12(13(9)15)14(19)16-5-6-17(2)10-3-4-10/h7-8,10H,3-6H2,1-2H3,(H,16,19). The molecule has 1 saturated carbocycles. The third-order valence-corrected chi connectivity index (χ3v) is 3.62. The molecule has 0 heterocycles. The number of hydrogen-bond donors (Lipinski definition) is 1. The molecule has 0 atom stereocenters. The van der Waals surface area contributed by atoms with Gasteiger partial charge in [-0.15, -0.1) is 0 Å². The van der Waals surface area contributed by atoms with Gasteiger partial charge in [0.1, 0.15) is 5.82 Å². The second kappa shape index (κ2) is 6.17. The molecule has 1 aliphatic rings. The molecule has 0 spiro atoms. The Hall–Kier alpha value is -2.02. The van der Waals surface area contributed by atoms with Crippen molar-refractivity contribution in [1.82, 2.24) is 10.2 Å². The molecule has 0 aromatic heterocycles. The van der Waals surface area contributed by atoms with Gasteiger partial charge in [0.25, 0.3) is 11.6 Å². The Morgan fingerprint density at radius 3 is 2.76 bits per heavy atom. The first kappa shape index (κ1) is 15.4. The number of carbonyl (C=O) groups excluding carboxylic acids is 1. The summed E-state index contributed by atoms with van der Waals surface area (Å²) in [4.78, 5) is 24.2. The number of carbonyl (C=O) groups is 1.